The number of carbonyl (C=O) groups is 1. The third-order valence-corrected chi connectivity index (χ3v) is 3.21. The average molecular weight is 324 g/mol. The lowest BCUT2D eigenvalue weighted by atomic mass is 10.3. The number of pyridine rings is 1. The summed E-state index contributed by atoms with van der Waals surface area (Å²) < 4.78 is 4.13. The molecule has 2 aromatic heterocycles. The number of aromatic nitrogens is 2. The van der Waals surface area contributed by atoms with Crippen molar-refractivity contribution in [2.75, 3.05) is 5.32 Å². The Labute approximate surface area is 119 Å². The highest BCUT2D eigenvalue weighted by molar-refractivity contribution is 9.10. The molecule has 0 aliphatic rings. The number of amides is 1. The van der Waals surface area contributed by atoms with Gasteiger partial charge in [0, 0.05) is 36.5 Å². The molecule has 0 saturated carbocycles. The van der Waals surface area contributed by atoms with Gasteiger partial charge in [0.05, 0.1) is 5.69 Å². The molecule has 0 unspecified atom stereocenters. The van der Waals surface area contributed by atoms with Gasteiger partial charge in [0.15, 0.2) is 0 Å². The van der Waals surface area contributed by atoms with Crippen LogP contribution in [0.25, 0.3) is 0 Å². The highest BCUT2D eigenvalue weighted by Crippen LogP contribution is 2.16. The van der Waals surface area contributed by atoms with Crippen LogP contribution in [0.5, 0.6) is 0 Å². The van der Waals surface area contributed by atoms with Crippen LogP contribution in [0.3, 0.4) is 0 Å². The van der Waals surface area contributed by atoms with E-state index in [0.29, 0.717) is 17.9 Å². The summed E-state index contributed by atoms with van der Waals surface area (Å²) in [6.45, 7) is 2.68. The Kier molecular flexibility index (Phi) is 3.90. The Morgan fingerprint density at radius 1 is 1.37 bits per heavy atom. The van der Waals surface area contributed by atoms with Gasteiger partial charge in [-0.2, -0.15) is 0 Å². The van der Waals surface area contributed by atoms with Gasteiger partial charge in [0.25, 0.3) is 5.91 Å². The molecule has 5 nitrogen and oxygen atoms in total. The van der Waals surface area contributed by atoms with Gasteiger partial charge < -0.3 is 14.5 Å². The molecular weight excluding hydrogens is 310 g/mol. The second kappa shape index (κ2) is 5.44. The van der Waals surface area contributed by atoms with E-state index in [1.165, 1.54) is 10.6 Å². The number of nitrogens with one attached hydrogen (secondary N) is 1. The van der Waals surface area contributed by atoms with Crippen molar-refractivity contribution >= 4 is 27.5 Å². The fraction of sp³-hybridized carbons (Fsp3) is 0.231. The van der Waals surface area contributed by atoms with E-state index < -0.39 is 0 Å². The van der Waals surface area contributed by atoms with Crippen molar-refractivity contribution in [3.05, 3.63) is 51.1 Å². The van der Waals surface area contributed by atoms with E-state index in [9.17, 15) is 9.59 Å². The van der Waals surface area contributed by atoms with Gasteiger partial charge >= 0.3 is 0 Å². The molecule has 2 rings (SSSR count). The van der Waals surface area contributed by atoms with Crippen molar-refractivity contribution in [3.8, 4) is 0 Å². The van der Waals surface area contributed by atoms with Crippen LogP contribution in [0.4, 0.5) is 5.69 Å². The summed E-state index contributed by atoms with van der Waals surface area (Å²) in [5.41, 5.74) is 1.05. The summed E-state index contributed by atoms with van der Waals surface area (Å²) in [5.74, 6) is -0.203. The molecular formula is C13H14BrN3O2. The molecule has 0 atom stereocenters. The quantitative estimate of drug-likeness (QED) is 0.941. The lowest BCUT2D eigenvalue weighted by molar-refractivity contribution is 0.101. The largest absolute Gasteiger partial charge is 0.343 e. The molecule has 1 N–H and O–H groups in total. The molecule has 6 heteroatoms. The maximum atomic E-state index is 12.2. The first kappa shape index (κ1) is 13.6. The lowest BCUT2D eigenvalue weighted by Gasteiger charge is -2.08. The van der Waals surface area contributed by atoms with E-state index in [4.69, 9.17) is 0 Å². The Morgan fingerprint density at radius 3 is 2.74 bits per heavy atom. The molecule has 1 amide bonds. The van der Waals surface area contributed by atoms with E-state index in [0.717, 1.165) is 4.47 Å². The van der Waals surface area contributed by atoms with Crippen molar-refractivity contribution in [2.24, 2.45) is 7.05 Å². The van der Waals surface area contributed by atoms with Gasteiger partial charge in [0.2, 0.25) is 5.56 Å². The minimum Gasteiger partial charge on any atom is -0.343 e. The summed E-state index contributed by atoms with van der Waals surface area (Å²) in [6.07, 6.45) is 3.45. The Morgan fingerprint density at radius 2 is 2.11 bits per heavy atom. The molecule has 19 heavy (non-hydrogen) atoms. The molecule has 100 valence electrons. The zero-order valence-electron chi connectivity index (χ0n) is 10.7. The Balaban J connectivity index is 2.25. The van der Waals surface area contributed by atoms with Crippen LogP contribution in [0.1, 0.15) is 17.4 Å². The second-order valence-corrected chi connectivity index (χ2v) is 5.07. The Bertz CT molecular complexity index is 673. The maximum Gasteiger partial charge on any atom is 0.272 e. The average Bonchev–Trinajstić information content (AvgIpc) is 2.75. The minimum atomic E-state index is -0.203. The number of nitrogens with zero attached hydrogens (tertiary/aromatic N) is 2. The lowest BCUT2D eigenvalue weighted by Crippen LogP contribution is -2.19. The number of anilines is 1. The van der Waals surface area contributed by atoms with Crippen LogP contribution >= 0.6 is 15.9 Å². The standard InChI is InChI=1S/C13H14BrN3O2/c1-3-17-7-9(14)6-11(17)13(19)15-10-4-5-12(18)16(2)8-10/h4-8H,3H2,1-2H3,(H,15,19). The van der Waals surface area contributed by atoms with Crippen LogP contribution in [-0.2, 0) is 13.6 Å². The second-order valence-electron chi connectivity index (χ2n) is 4.15. The van der Waals surface area contributed by atoms with Gasteiger partial charge in [-0.3, -0.25) is 9.59 Å². The van der Waals surface area contributed by atoms with E-state index in [1.807, 2.05) is 17.7 Å². The monoisotopic (exact) mass is 323 g/mol. The molecule has 0 bridgehead atoms. The summed E-state index contributed by atoms with van der Waals surface area (Å²) in [4.78, 5) is 23.4. The summed E-state index contributed by atoms with van der Waals surface area (Å²) in [7, 11) is 1.64. The van der Waals surface area contributed by atoms with Crippen LogP contribution in [0, 0.1) is 0 Å². The molecule has 0 aromatic carbocycles. The molecule has 0 saturated heterocycles. The van der Waals surface area contributed by atoms with E-state index >= 15 is 0 Å². The van der Waals surface area contributed by atoms with Crippen molar-refractivity contribution in [2.45, 2.75) is 13.5 Å². The normalized spacial score (nSPS) is 10.5. The Hall–Kier alpha value is -1.82. The number of hydrogen-bond acceptors (Lipinski definition) is 2. The summed E-state index contributed by atoms with van der Waals surface area (Å²) in [6, 6.07) is 4.78. The first-order valence-electron chi connectivity index (χ1n) is 5.85. The minimum absolute atomic E-state index is 0.113. The van der Waals surface area contributed by atoms with Gasteiger partial charge in [-0.15, -0.1) is 0 Å². The predicted molar refractivity (Wildman–Crippen MR) is 77.4 cm³/mol. The zero-order valence-corrected chi connectivity index (χ0v) is 12.3. The van der Waals surface area contributed by atoms with Crippen LogP contribution in [0.15, 0.2) is 39.9 Å². The molecule has 0 aliphatic heterocycles. The smallest absolute Gasteiger partial charge is 0.272 e. The van der Waals surface area contributed by atoms with Crippen molar-refractivity contribution in [3.63, 3.8) is 0 Å². The molecule has 2 heterocycles. The summed E-state index contributed by atoms with van der Waals surface area (Å²) >= 11 is 3.35. The SMILES string of the molecule is CCn1cc(Br)cc1C(=O)Nc1ccc(=O)n(C)c1. The van der Waals surface area contributed by atoms with Gasteiger partial charge in [-0.1, -0.05) is 0 Å². The topological polar surface area (TPSA) is 56.0 Å². The van der Waals surface area contributed by atoms with Crippen molar-refractivity contribution < 1.29 is 4.79 Å². The van der Waals surface area contributed by atoms with Gasteiger partial charge in [-0.25, -0.2) is 0 Å². The molecule has 0 fully saturated rings. The zero-order chi connectivity index (χ0) is 14.0. The maximum absolute atomic E-state index is 12.2. The molecule has 0 aliphatic carbocycles. The van der Waals surface area contributed by atoms with E-state index in [-0.39, 0.29) is 11.5 Å². The number of rotatable bonds is 3. The van der Waals surface area contributed by atoms with Crippen LogP contribution < -0.4 is 10.9 Å². The highest BCUT2D eigenvalue weighted by Gasteiger charge is 2.12. The number of hydrogen-bond donors (Lipinski definition) is 1. The predicted octanol–water partition coefficient (Wildman–Crippen LogP) is 2.22. The van der Waals surface area contributed by atoms with Crippen LogP contribution in [-0.4, -0.2) is 15.0 Å². The van der Waals surface area contributed by atoms with Gasteiger partial charge in [-0.05, 0) is 35.0 Å². The highest BCUT2D eigenvalue weighted by atomic mass is 79.9. The van der Waals surface area contributed by atoms with Crippen molar-refractivity contribution in [1.82, 2.24) is 9.13 Å². The third-order valence-electron chi connectivity index (χ3n) is 2.78. The number of halogens is 1. The number of aryl methyl sites for hydroxylation is 2. The number of carbonyl (C=O) groups excluding carboxylic acids is 1. The third kappa shape index (κ3) is 2.96. The molecule has 0 radical (unpaired) electrons. The fourth-order valence-electron chi connectivity index (χ4n) is 1.79. The molecule has 2 aromatic rings. The van der Waals surface area contributed by atoms with E-state index in [1.54, 1.807) is 25.4 Å². The van der Waals surface area contributed by atoms with Crippen molar-refractivity contribution in [1.29, 1.82) is 0 Å². The summed E-state index contributed by atoms with van der Waals surface area (Å²) in [5, 5.41) is 2.77. The first-order valence-corrected chi connectivity index (χ1v) is 6.64. The first-order chi connectivity index (χ1) is 9.01. The fourth-order valence-corrected chi connectivity index (χ4v) is 2.25. The van der Waals surface area contributed by atoms with Gasteiger partial charge in [0.1, 0.15) is 5.69 Å². The van der Waals surface area contributed by atoms with E-state index in [2.05, 4.69) is 21.2 Å². The molecule has 0 spiro atoms. The van der Waals surface area contributed by atoms with Crippen LogP contribution in [0.2, 0.25) is 0 Å².